The molecular formula is C18H20N2O5. The Bertz CT molecular complexity index is 817. The largest absolute Gasteiger partial charge is 0.496 e. The van der Waals surface area contributed by atoms with Gasteiger partial charge in [-0.15, -0.1) is 0 Å². The zero-order valence-electron chi connectivity index (χ0n) is 14.5. The van der Waals surface area contributed by atoms with E-state index in [-0.39, 0.29) is 16.9 Å². The lowest BCUT2D eigenvalue weighted by Gasteiger charge is -2.14. The number of carbonyl (C=O) groups is 2. The number of carboxylic acids is 1. The van der Waals surface area contributed by atoms with Crippen LogP contribution in [0.25, 0.3) is 0 Å². The fourth-order valence-electron chi connectivity index (χ4n) is 2.35. The number of carbonyl (C=O) groups excluding carboxylic acids is 1. The van der Waals surface area contributed by atoms with Crippen LogP contribution < -0.4 is 14.8 Å². The monoisotopic (exact) mass is 344 g/mol. The third-order valence-electron chi connectivity index (χ3n) is 3.54. The number of hydrogen-bond donors (Lipinski definition) is 2. The Labute approximate surface area is 145 Å². The van der Waals surface area contributed by atoms with Gasteiger partial charge in [0.1, 0.15) is 17.0 Å². The topological polar surface area (TPSA) is 97.8 Å². The molecule has 7 nitrogen and oxygen atoms in total. The number of aryl methyl sites for hydroxylation is 2. The molecule has 1 amide bonds. The maximum absolute atomic E-state index is 12.6. The Balaban J connectivity index is 2.40. The van der Waals surface area contributed by atoms with Crippen molar-refractivity contribution in [2.45, 2.75) is 20.8 Å². The maximum Gasteiger partial charge on any atom is 0.339 e. The second-order valence-electron chi connectivity index (χ2n) is 5.43. The molecule has 0 aliphatic carbocycles. The molecule has 2 rings (SSSR count). The number of carboxylic acid groups (broad SMARTS) is 1. The summed E-state index contributed by atoms with van der Waals surface area (Å²) < 4.78 is 10.5. The third kappa shape index (κ3) is 4.06. The molecule has 0 aliphatic heterocycles. The van der Waals surface area contributed by atoms with E-state index < -0.39 is 11.9 Å². The Morgan fingerprint density at radius 2 is 1.92 bits per heavy atom. The number of ether oxygens (including phenoxy) is 2. The van der Waals surface area contributed by atoms with Crippen LogP contribution >= 0.6 is 0 Å². The number of benzene rings is 1. The van der Waals surface area contributed by atoms with Crippen LogP contribution in [0.2, 0.25) is 0 Å². The van der Waals surface area contributed by atoms with E-state index in [0.717, 1.165) is 5.56 Å². The maximum atomic E-state index is 12.6. The van der Waals surface area contributed by atoms with E-state index >= 15 is 0 Å². The zero-order chi connectivity index (χ0) is 18.6. The van der Waals surface area contributed by atoms with Gasteiger partial charge in [0.25, 0.3) is 5.91 Å². The second-order valence-corrected chi connectivity index (χ2v) is 5.43. The van der Waals surface area contributed by atoms with Crippen LogP contribution in [0.1, 0.15) is 38.8 Å². The lowest BCUT2D eigenvalue weighted by molar-refractivity contribution is 0.0693. The Morgan fingerprint density at radius 3 is 2.52 bits per heavy atom. The summed E-state index contributed by atoms with van der Waals surface area (Å²) >= 11 is 0. The Hall–Kier alpha value is -3.09. The first-order valence-electron chi connectivity index (χ1n) is 7.70. The van der Waals surface area contributed by atoms with E-state index in [2.05, 4.69) is 10.3 Å². The van der Waals surface area contributed by atoms with E-state index in [1.165, 1.54) is 19.2 Å². The van der Waals surface area contributed by atoms with Crippen molar-refractivity contribution in [1.82, 2.24) is 4.98 Å². The van der Waals surface area contributed by atoms with Crippen molar-refractivity contribution in [2.24, 2.45) is 0 Å². The molecule has 2 aromatic rings. The predicted octanol–water partition coefficient (Wildman–Crippen LogP) is 3.06. The highest BCUT2D eigenvalue weighted by molar-refractivity contribution is 6.07. The lowest BCUT2D eigenvalue weighted by atomic mass is 10.0. The minimum Gasteiger partial charge on any atom is -0.496 e. The molecule has 0 bridgehead atoms. The molecule has 1 heterocycles. The van der Waals surface area contributed by atoms with Crippen molar-refractivity contribution in [3.05, 3.63) is 46.6 Å². The summed E-state index contributed by atoms with van der Waals surface area (Å²) in [4.78, 5) is 28.2. The van der Waals surface area contributed by atoms with Crippen molar-refractivity contribution < 1.29 is 24.2 Å². The summed E-state index contributed by atoms with van der Waals surface area (Å²) in [7, 11) is 1.38. The van der Waals surface area contributed by atoms with Crippen molar-refractivity contribution in [1.29, 1.82) is 0 Å². The number of anilines is 1. The highest BCUT2D eigenvalue weighted by atomic mass is 16.5. The standard InChI is InChI=1S/C18H20N2O5/c1-5-25-17-14(6-10(2)9-19-17)20-16(21)12-8-13(18(22)23)15(24-4)7-11(12)3/h6-9H,5H2,1-4H3,(H,20,21)(H,22,23). The first kappa shape index (κ1) is 18.3. The molecule has 0 fully saturated rings. The van der Waals surface area contributed by atoms with Gasteiger partial charge in [-0.3, -0.25) is 4.79 Å². The molecule has 0 saturated carbocycles. The number of pyridine rings is 1. The summed E-state index contributed by atoms with van der Waals surface area (Å²) in [6.45, 7) is 5.78. The number of hydrogen-bond acceptors (Lipinski definition) is 5. The van der Waals surface area contributed by atoms with Crippen molar-refractivity contribution in [2.75, 3.05) is 19.0 Å². The van der Waals surface area contributed by atoms with Crippen LogP contribution in [0.4, 0.5) is 5.69 Å². The quantitative estimate of drug-likeness (QED) is 0.836. The minimum atomic E-state index is -1.17. The first-order valence-corrected chi connectivity index (χ1v) is 7.70. The van der Waals surface area contributed by atoms with Gasteiger partial charge in [0.05, 0.1) is 13.7 Å². The highest BCUT2D eigenvalue weighted by Crippen LogP contribution is 2.27. The van der Waals surface area contributed by atoms with Crippen molar-refractivity contribution >= 4 is 17.6 Å². The summed E-state index contributed by atoms with van der Waals surface area (Å²) in [6, 6.07) is 4.57. The van der Waals surface area contributed by atoms with Gasteiger partial charge in [-0.2, -0.15) is 0 Å². The summed E-state index contributed by atoms with van der Waals surface area (Å²) in [5, 5.41) is 12.0. The number of rotatable bonds is 6. The number of aromatic carboxylic acids is 1. The van der Waals surface area contributed by atoms with Crippen LogP contribution in [0.5, 0.6) is 11.6 Å². The van der Waals surface area contributed by atoms with E-state index in [1.54, 1.807) is 19.2 Å². The van der Waals surface area contributed by atoms with Crippen LogP contribution in [-0.2, 0) is 0 Å². The van der Waals surface area contributed by atoms with Crippen LogP contribution in [-0.4, -0.2) is 35.7 Å². The Kier molecular flexibility index (Phi) is 5.59. The molecule has 0 radical (unpaired) electrons. The molecule has 0 aliphatic rings. The van der Waals surface area contributed by atoms with Gasteiger partial charge in [-0.1, -0.05) is 0 Å². The first-order chi connectivity index (χ1) is 11.9. The van der Waals surface area contributed by atoms with Gasteiger partial charge in [0.2, 0.25) is 5.88 Å². The molecule has 0 spiro atoms. The van der Waals surface area contributed by atoms with Gasteiger partial charge in [-0.25, -0.2) is 9.78 Å². The number of nitrogens with zero attached hydrogens (tertiary/aromatic N) is 1. The SMILES string of the molecule is CCOc1ncc(C)cc1NC(=O)c1cc(C(=O)O)c(OC)cc1C. The van der Waals surface area contributed by atoms with Gasteiger partial charge in [-0.05, 0) is 50.1 Å². The molecule has 0 atom stereocenters. The number of amides is 1. The number of aromatic nitrogens is 1. The van der Waals surface area contributed by atoms with E-state index in [4.69, 9.17) is 9.47 Å². The zero-order valence-corrected chi connectivity index (χ0v) is 14.5. The molecule has 0 saturated heterocycles. The van der Waals surface area contributed by atoms with Gasteiger partial charge in [0.15, 0.2) is 0 Å². The fraction of sp³-hybridized carbons (Fsp3) is 0.278. The van der Waals surface area contributed by atoms with E-state index in [0.29, 0.717) is 23.7 Å². The van der Waals surface area contributed by atoms with Gasteiger partial charge in [0, 0.05) is 11.8 Å². The molecule has 2 N–H and O–H groups in total. The Morgan fingerprint density at radius 1 is 1.20 bits per heavy atom. The molecule has 1 aromatic heterocycles. The predicted molar refractivity (Wildman–Crippen MR) is 92.8 cm³/mol. The van der Waals surface area contributed by atoms with Crippen molar-refractivity contribution in [3.8, 4) is 11.6 Å². The normalized spacial score (nSPS) is 10.2. The summed E-state index contributed by atoms with van der Waals surface area (Å²) in [5.41, 5.74) is 2.04. The van der Waals surface area contributed by atoms with E-state index in [1.807, 2.05) is 13.8 Å². The summed E-state index contributed by atoms with van der Waals surface area (Å²) in [5.74, 6) is -1.10. The second kappa shape index (κ2) is 7.65. The molecular weight excluding hydrogens is 324 g/mol. The molecule has 7 heteroatoms. The summed E-state index contributed by atoms with van der Waals surface area (Å²) in [6.07, 6.45) is 1.64. The van der Waals surface area contributed by atoms with Crippen LogP contribution in [0.3, 0.4) is 0 Å². The number of nitrogens with one attached hydrogen (secondary N) is 1. The lowest BCUT2D eigenvalue weighted by Crippen LogP contribution is -2.16. The third-order valence-corrected chi connectivity index (χ3v) is 3.54. The van der Waals surface area contributed by atoms with Crippen LogP contribution in [0.15, 0.2) is 24.4 Å². The van der Waals surface area contributed by atoms with Gasteiger partial charge >= 0.3 is 5.97 Å². The molecule has 132 valence electrons. The van der Waals surface area contributed by atoms with Crippen LogP contribution in [0, 0.1) is 13.8 Å². The van der Waals surface area contributed by atoms with Gasteiger partial charge < -0.3 is 19.9 Å². The average Bonchev–Trinajstić information content (AvgIpc) is 2.56. The number of methoxy groups -OCH3 is 1. The fourth-order valence-corrected chi connectivity index (χ4v) is 2.35. The van der Waals surface area contributed by atoms with Crippen molar-refractivity contribution in [3.63, 3.8) is 0 Å². The minimum absolute atomic E-state index is 0.0781. The molecule has 0 unspecified atom stereocenters. The highest BCUT2D eigenvalue weighted by Gasteiger charge is 2.19. The van der Waals surface area contributed by atoms with E-state index in [9.17, 15) is 14.7 Å². The molecule has 1 aromatic carbocycles. The smallest absolute Gasteiger partial charge is 0.339 e. The molecule has 25 heavy (non-hydrogen) atoms. The average molecular weight is 344 g/mol.